The van der Waals surface area contributed by atoms with Gasteiger partial charge in [-0.3, -0.25) is 4.79 Å². The molecule has 2 aromatic carbocycles. The van der Waals surface area contributed by atoms with Crippen molar-refractivity contribution in [3.05, 3.63) is 65.7 Å². The standard InChI is InChI=1S/C20H21NO3/c1-23-18-10-9-16(17-13-20(22)21-14-17)12-19(18)24-11-5-8-15-6-3-2-4-7-15/h2-10,12,17H,11,13-14H2,1H3,(H,21,22)/b8-5+. The van der Waals surface area contributed by atoms with Crippen molar-refractivity contribution in [2.45, 2.75) is 12.3 Å². The van der Waals surface area contributed by atoms with Crippen LogP contribution in [0.5, 0.6) is 11.5 Å². The summed E-state index contributed by atoms with van der Waals surface area (Å²) < 4.78 is 11.2. The van der Waals surface area contributed by atoms with E-state index in [-0.39, 0.29) is 11.8 Å². The molecule has 1 saturated heterocycles. The molecule has 1 fully saturated rings. The van der Waals surface area contributed by atoms with Gasteiger partial charge in [0, 0.05) is 18.9 Å². The van der Waals surface area contributed by atoms with Gasteiger partial charge >= 0.3 is 0 Å². The van der Waals surface area contributed by atoms with E-state index in [0.717, 1.165) is 11.1 Å². The number of benzene rings is 2. The van der Waals surface area contributed by atoms with Gasteiger partial charge in [0.1, 0.15) is 6.61 Å². The molecule has 124 valence electrons. The molecule has 0 aromatic heterocycles. The van der Waals surface area contributed by atoms with Crippen molar-refractivity contribution >= 4 is 12.0 Å². The fourth-order valence-corrected chi connectivity index (χ4v) is 2.79. The highest BCUT2D eigenvalue weighted by molar-refractivity contribution is 5.79. The summed E-state index contributed by atoms with van der Waals surface area (Å²) in [6.07, 6.45) is 4.53. The van der Waals surface area contributed by atoms with Gasteiger partial charge in [0.15, 0.2) is 11.5 Å². The minimum atomic E-state index is 0.101. The second-order valence-corrected chi connectivity index (χ2v) is 5.74. The number of methoxy groups -OCH3 is 1. The molecule has 1 amide bonds. The third kappa shape index (κ3) is 3.96. The molecule has 1 aliphatic rings. The van der Waals surface area contributed by atoms with Gasteiger partial charge in [-0.05, 0) is 29.3 Å². The van der Waals surface area contributed by atoms with E-state index in [1.165, 1.54) is 0 Å². The van der Waals surface area contributed by atoms with Crippen molar-refractivity contribution < 1.29 is 14.3 Å². The predicted molar refractivity (Wildman–Crippen MR) is 94.3 cm³/mol. The predicted octanol–water partition coefficient (Wildman–Crippen LogP) is 3.39. The summed E-state index contributed by atoms with van der Waals surface area (Å²) in [7, 11) is 1.63. The molecule has 24 heavy (non-hydrogen) atoms. The van der Waals surface area contributed by atoms with Gasteiger partial charge in [0.2, 0.25) is 5.91 Å². The molecule has 0 aliphatic carbocycles. The summed E-state index contributed by atoms with van der Waals surface area (Å²) in [5.41, 5.74) is 2.23. The van der Waals surface area contributed by atoms with Crippen molar-refractivity contribution in [3.8, 4) is 11.5 Å². The maximum atomic E-state index is 11.4. The highest BCUT2D eigenvalue weighted by Crippen LogP contribution is 2.33. The van der Waals surface area contributed by atoms with Crippen LogP contribution in [-0.2, 0) is 4.79 Å². The average Bonchev–Trinajstić information content (AvgIpc) is 3.06. The maximum absolute atomic E-state index is 11.4. The van der Waals surface area contributed by atoms with Crippen LogP contribution in [0.25, 0.3) is 6.08 Å². The third-order valence-corrected chi connectivity index (χ3v) is 4.08. The third-order valence-electron chi connectivity index (χ3n) is 4.08. The van der Waals surface area contributed by atoms with Crippen LogP contribution in [0, 0.1) is 0 Å². The molecular weight excluding hydrogens is 302 g/mol. The molecule has 4 heteroatoms. The van der Waals surface area contributed by atoms with Crippen LogP contribution in [-0.4, -0.2) is 26.2 Å². The molecule has 1 unspecified atom stereocenters. The Labute approximate surface area is 142 Å². The van der Waals surface area contributed by atoms with Crippen LogP contribution >= 0.6 is 0 Å². The summed E-state index contributed by atoms with van der Waals surface area (Å²) >= 11 is 0. The quantitative estimate of drug-likeness (QED) is 0.886. The zero-order valence-corrected chi connectivity index (χ0v) is 13.7. The number of carbonyl (C=O) groups excluding carboxylic acids is 1. The van der Waals surface area contributed by atoms with Crippen molar-refractivity contribution in [3.63, 3.8) is 0 Å². The minimum Gasteiger partial charge on any atom is -0.493 e. The number of nitrogens with one attached hydrogen (secondary N) is 1. The lowest BCUT2D eigenvalue weighted by molar-refractivity contribution is -0.119. The van der Waals surface area contributed by atoms with Crippen molar-refractivity contribution in [2.24, 2.45) is 0 Å². The smallest absolute Gasteiger partial charge is 0.220 e. The fraction of sp³-hybridized carbons (Fsp3) is 0.250. The Bertz CT molecular complexity index is 725. The first-order chi connectivity index (χ1) is 11.8. The zero-order chi connectivity index (χ0) is 16.8. The Morgan fingerprint density at radius 3 is 2.71 bits per heavy atom. The number of carbonyl (C=O) groups is 1. The van der Waals surface area contributed by atoms with Gasteiger partial charge in [-0.15, -0.1) is 0 Å². The van der Waals surface area contributed by atoms with Crippen LogP contribution in [0.3, 0.4) is 0 Å². The van der Waals surface area contributed by atoms with Crippen LogP contribution in [0.2, 0.25) is 0 Å². The summed E-state index contributed by atoms with van der Waals surface area (Å²) in [5, 5.41) is 2.86. The van der Waals surface area contributed by atoms with E-state index in [4.69, 9.17) is 9.47 Å². The average molecular weight is 323 g/mol. The van der Waals surface area contributed by atoms with E-state index in [1.807, 2.05) is 60.7 Å². The highest BCUT2D eigenvalue weighted by Gasteiger charge is 2.23. The number of rotatable bonds is 6. The van der Waals surface area contributed by atoms with Crippen LogP contribution < -0.4 is 14.8 Å². The van der Waals surface area contributed by atoms with Crippen molar-refractivity contribution in [1.29, 1.82) is 0 Å². The van der Waals surface area contributed by atoms with E-state index < -0.39 is 0 Å². The summed E-state index contributed by atoms with van der Waals surface area (Å²) in [4.78, 5) is 11.4. The first kappa shape index (κ1) is 16.1. The number of ether oxygens (including phenoxy) is 2. The molecule has 0 bridgehead atoms. The van der Waals surface area contributed by atoms with Gasteiger partial charge in [0.25, 0.3) is 0 Å². The molecular formula is C20H21NO3. The second kappa shape index (κ2) is 7.68. The molecule has 1 aliphatic heterocycles. The lowest BCUT2D eigenvalue weighted by Gasteiger charge is -2.13. The highest BCUT2D eigenvalue weighted by atomic mass is 16.5. The van der Waals surface area contributed by atoms with Gasteiger partial charge in [-0.1, -0.05) is 42.5 Å². The summed E-state index contributed by atoms with van der Waals surface area (Å²) in [6, 6.07) is 16.0. The van der Waals surface area contributed by atoms with Gasteiger partial charge < -0.3 is 14.8 Å². The number of hydrogen-bond acceptors (Lipinski definition) is 3. The summed E-state index contributed by atoms with van der Waals surface area (Å²) in [5.74, 6) is 1.70. The van der Waals surface area contributed by atoms with Crippen LogP contribution in [0.1, 0.15) is 23.5 Å². The van der Waals surface area contributed by atoms with E-state index in [9.17, 15) is 4.79 Å². The molecule has 0 radical (unpaired) electrons. The van der Waals surface area contributed by atoms with E-state index in [0.29, 0.717) is 31.1 Å². The minimum absolute atomic E-state index is 0.101. The van der Waals surface area contributed by atoms with E-state index in [2.05, 4.69) is 5.32 Å². The first-order valence-electron chi connectivity index (χ1n) is 8.05. The molecule has 0 saturated carbocycles. The fourth-order valence-electron chi connectivity index (χ4n) is 2.79. The number of amides is 1. The lowest BCUT2D eigenvalue weighted by Crippen LogP contribution is -2.13. The Morgan fingerprint density at radius 1 is 1.17 bits per heavy atom. The van der Waals surface area contributed by atoms with Gasteiger partial charge in [-0.25, -0.2) is 0 Å². The Hall–Kier alpha value is -2.75. The molecule has 1 N–H and O–H groups in total. The Morgan fingerprint density at radius 2 is 2.00 bits per heavy atom. The summed E-state index contributed by atoms with van der Waals surface area (Å²) in [6.45, 7) is 1.13. The SMILES string of the molecule is COc1ccc(C2CNC(=O)C2)cc1OC/C=C/c1ccccc1. The van der Waals surface area contributed by atoms with Gasteiger partial charge in [0.05, 0.1) is 7.11 Å². The largest absolute Gasteiger partial charge is 0.493 e. The molecule has 0 spiro atoms. The molecule has 3 rings (SSSR count). The van der Waals surface area contributed by atoms with Crippen LogP contribution in [0.4, 0.5) is 0 Å². The Kier molecular flexibility index (Phi) is 5.16. The molecule has 4 nitrogen and oxygen atoms in total. The molecule has 2 aromatic rings. The van der Waals surface area contributed by atoms with Crippen molar-refractivity contribution in [1.82, 2.24) is 5.32 Å². The van der Waals surface area contributed by atoms with Crippen LogP contribution in [0.15, 0.2) is 54.6 Å². The van der Waals surface area contributed by atoms with E-state index >= 15 is 0 Å². The second-order valence-electron chi connectivity index (χ2n) is 5.74. The first-order valence-corrected chi connectivity index (χ1v) is 8.05. The lowest BCUT2D eigenvalue weighted by atomic mass is 9.98. The topological polar surface area (TPSA) is 47.6 Å². The molecule has 1 atom stereocenters. The van der Waals surface area contributed by atoms with E-state index in [1.54, 1.807) is 7.11 Å². The number of hydrogen-bond donors (Lipinski definition) is 1. The molecule has 1 heterocycles. The van der Waals surface area contributed by atoms with Crippen molar-refractivity contribution in [2.75, 3.05) is 20.3 Å². The normalized spacial score (nSPS) is 17.0. The zero-order valence-electron chi connectivity index (χ0n) is 13.7. The maximum Gasteiger partial charge on any atom is 0.220 e. The Balaban J connectivity index is 1.67. The van der Waals surface area contributed by atoms with Gasteiger partial charge in [-0.2, -0.15) is 0 Å². The monoisotopic (exact) mass is 323 g/mol.